The molecular formula is C14H19NO6. The molecule has 1 aromatic rings. The quantitative estimate of drug-likeness (QED) is 0.450. The lowest BCUT2D eigenvalue weighted by Gasteiger charge is -2.18. The summed E-state index contributed by atoms with van der Waals surface area (Å²) in [7, 11) is 1.46. The maximum Gasteiger partial charge on any atom is 0.311 e. The lowest BCUT2D eigenvalue weighted by molar-refractivity contribution is -0.385. The van der Waals surface area contributed by atoms with E-state index in [1.54, 1.807) is 13.8 Å². The van der Waals surface area contributed by atoms with Crippen molar-refractivity contribution in [1.29, 1.82) is 0 Å². The van der Waals surface area contributed by atoms with Crippen LogP contribution in [0, 0.1) is 15.5 Å². The first kappa shape index (κ1) is 16.7. The molecule has 0 atom stereocenters. The van der Waals surface area contributed by atoms with Crippen LogP contribution in [0.25, 0.3) is 0 Å². The summed E-state index contributed by atoms with van der Waals surface area (Å²) in [5.74, 6) is -0.302. The van der Waals surface area contributed by atoms with Gasteiger partial charge in [-0.1, -0.05) is 0 Å². The average molecular weight is 297 g/mol. The van der Waals surface area contributed by atoms with Crippen molar-refractivity contribution in [3.8, 4) is 11.5 Å². The molecule has 0 unspecified atom stereocenters. The maximum atomic E-state index is 11.0. The standard InChI is InChI=1S/C14H19NO6/c1-14(2,13(16)17)7-4-8-21-12-9-10(20-3)5-6-11(12)15(18)19/h5-6,9H,4,7-8H2,1-3H3,(H,16,17). The van der Waals surface area contributed by atoms with Gasteiger partial charge in [-0.3, -0.25) is 14.9 Å². The van der Waals surface area contributed by atoms with Crippen LogP contribution in [0.2, 0.25) is 0 Å². The van der Waals surface area contributed by atoms with Gasteiger partial charge in [0, 0.05) is 12.1 Å². The molecule has 0 aliphatic carbocycles. The fraction of sp³-hybridized carbons (Fsp3) is 0.500. The Labute approximate surface area is 122 Å². The highest BCUT2D eigenvalue weighted by Gasteiger charge is 2.26. The van der Waals surface area contributed by atoms with Crippen LogP contribution >= 0.6 is 0 Å². The van der Waals surface area contributed by atoms with Gasteiger partial charge in [-0.05, 0) is 32.8 Å². The Morgan fingerprint density at radius 1 is 1.43 bits per heavy atom. The van der Waals surface area contributed by atoms with Crippen LogP contribution < -0.4 is 9.47 Å². The molecule has 0 saturated heterocycles. The van der Waals surface area contributed by atoms with Gasteiger partial charge in [-0.2, -0.15) is 0 Å². The highest BCUT2D eigenvalue weighted by molar-refractivity contribution is 5.73. The van der Waals surface area contributed by atoms with Crippen LogP contribution in [0.4, 0.5) is 5.69 Å². The summed E-state index contributed by atoms with van der Waals surface area (Å²) in [6, 6.07) is 4.24. The number of nitro benzene ring substituents is 1. The van der Waals surface area contributed by atoms with Crippen LogP contribution in [-0.4, -0.2) is 29.7 Å². The number of hydrogen-bond acceptors (Lipinski definition) is 5. The minimum Gasteiger partial charge on any atom is -0.497 e. The lowest BCUT2D eigenvalue weighted by atomic mass is 9.88. The van der Waals surface area contributed by atoms with Crippen LogP contribution in [0.5, 0.6) is 11.5 Å². The van der Waals surface area contributed by atoms with Gasteiger partial charge in [-0.25, -0.2) is 0 Å². The van der Waals surface area contributed by atoms with E-state index in [1.165, 1.54) is 25.3 Å². The monoisotopic (exact) mass is 297 g/mol. The molecule has 1 N–H and O–H groups in total. The highest BCUT2D eigenvalue weighted by atomic mass is 16.6. The van der Waals surface area contributed by atoms with Crippen molar-refractivity contribution in [2.45, 2.75) is 26.7 Å². The van der Waals surface area contributed by atoms with Crippen LogP contribution in [0.15, 0.2) is 18.2 Å². The average Bonchev–Trinajstić information content (AvgIpc) is 2.42. The molecule has 116 valence electrons. The normalized spacial score (nSPS) is 11.0. The molecule has 0 aliphatic rings. The minimum atomic E-state index is -0.880. The Hall–Kier alpha value is -2.31. The number of carbonyl (C=O) groups is 1. The van der Waals surface area contributed by atoms with Crippen molar-refractivity contribution >= 4 is 11.7 Å². The molecule has 0 heterocycles. The fourth-order valence-electron chi connectivity index (χ4n) is 1.69. The van der Waals surface area contributed by atoms with Crippen LogP contribution in [0.1, 0.15) is 26.7 Å². The minimum absolute atomic E-state index is 0.118. The number of rotatable bonds is 8. The third-order valence-corrected chi connectivity index (χ3v) is 3.15. The van der Waals surface area contributed by atoms with Gasteiger partial charge in [0.15, 0.2) is 0 Å². The summed E-state index contributed by atoms with van der Waals surface area (Å²) >= 11 is 0. The predicted molar refractivity (Wildman–Crippen MR) is 75.8 cm³/mol. The molecule has 1 aromatic carbocycles. The Bertz CT molecular complexity index is 526. The Balaban J connectivity index is 2.66. The maximum absolute atomic E-state index is 11.0. The molecule has 0 aromatic heterocycles. The summed E-state index contributed by atoms with van der Waals surface area (Å²) in [6.45, 7) is 3.46. The lowest BCUT2D eigenvalue weighted by Crippen LogP contribution is -2.24. The van der Waals surface area contributed by atoms with Crippen molar-refractivity contribution in [3.05, 3.63) is 28.3 Å². The molecule has 0 spiro atoms. The topological polar surface area (TPSA) is 98.9 Å². The van der Waals surface area contributed by atoms with Gasteiger partial charge in [0.25, 0.3) is 0 Å². The number of ether oxygens (including phenoxy) is 2. The van der Waals surface area contributed by atoms with E-state index in [4.69, 9.17) is 14.6 Å². The molecule has 0 saturated carbocycles. The summed E-state index contributed by atoms with van der Waals surface area (Å²) in [4.78, 5) is 21.3. The number of carboxylic acids is 1. The van der Waals surface area contributed by atoms with Crippen molar-refractivity contribution in [2.75, 3.05) is 13.7 Å². The molecule has 7 heteroatoms. The highest BCUT2D eigenvalue weighted by Crippen LogP contribution is 2.31. The second-order valence-electron chi connectivity index (χ2n) is 5.23. The van der Waals surface area contributed by atoms with E-state index in [-0.39, 0.29) is 18.0 Å². The Kier molecular flexibility index (Phi) is 5.52. The number of benzene rings is 1. The van der Waals surface area contributed by atoms with Gasteiger partial charge in [0.1, 0.15) is 5.75 Å². The summed E-state index contributed by atoms with van der Waals surface area (Å²) in [5, 5.41) is 19.9. The Morgan fingerprint density at radius 3 is 2.62 bits per heavy atom. The van der Waals surface area contributed by atoms with Gasteiger partial charge in [-0.15, -0.1) is 0 Å². The molecule has 1 rings (SSSR count). The molecule has 21 heavy (non-hydrogen) atoms. The SMILES string of the molecule is COc1ccc([N+](=O)[O-])c(OCCCC(C)(C)C(=O)O)c1. The summed E-state index contributed by atoms with van der Waals surface area (Å²) < 4.78 is 10.4. The van der Waals surface area contributed by atoms with E-state index in [2.05, 4.69) is 0 Å². The van der Waals surface area contributed by atoms with E-state index in [0.29, 0.717) is 18.6 Å². The third kappa shape index (κ3) is 4.62. The van der Waals surface area contributed by atoms with Crippen molar-refractivity contribution < 1.29 is 24.3 Å². The second-order valence-corrected chi connectivity index (χ2v) is 5.23. The fourth-order valence-corrected chi connectivity index (χ4v) is 1.69. The second kappa shape index (κ2) is 6.92. The number of carboxylic acid groups (broad SMARTS) is 1. The van der Waals surface area contributed by atoms with E-state index < -0.39 is 16.3 Å². The van der Waals surface area contributed by atoms with E-state index in [9.17, 15) is 14.9 Å². The summed E-state index contributed by atoms with van der Waals surface area (Å²) in [5.41, 5.74) is -0.989. The van der Waals surface area contributed by atoms with Crippen LogP contribution in [0.3, 0.4) is 0 Å². The van der Waals surface area contributed by atoms with Gasteiger partial charge < -0.3 is 14.6 Å². The van der Waals surface area contributed by atoms with Crippen molar-refractivity contribution in [1.82, 2.24) is 0 Å². The molecule has 0 amide bonds. The van der Waals surface area contributed by atoms with Crippen molar-refractivity contribution in [2.24, 2.45) is 5.41 Å². The first-order valence-electron chi connectivity index (χ1n) is 6.46. The molecule has 0 radical (unpaired) electrons. The number of hydrogen-bond donors (Lipinski definition) is 1. The van der Waals surface area contributed by atoms with Gasteiger partial charge >= 0.3 is 11.7 Å². The predicted octanol–water partition coefficient (Wildman–Crippen LogP) is 2.87. The smallest absolute Gasteiger partial charge is 0.311 e. The number of nitro groups is 1. The zero-order chi connectivity index (χ0) is 16.0. The molecular weight excluding hydrogens is 278 g/mol. The number of nitrogens with zero attached hydrogens (tertiary/aromatic N) is 1. The van der Waals surface area contributed by atoms with Crippen molar-refractivity contribution in [3.63, 3.8) is 0 Å². The van der Waals surface area contributed by atoms with Gasteiger partial charge in [0.2, 0.25) is 5.75 Å². The third-order valence-electron chi connectivity index (χ3n) is 3.15. The zero-order valence-corrected chi connectivity index (χ0v) is 12.3. The molecule has 0 fully saturated rings. The molecule has 0 bridgehead atoms. The first-order valence-corrected chi connectivity index (χ1v) is 6.46. The zero-order valence-electron chi connectivity index (χ0n) is 12.3. The largest absolute Gasteiger partial charge is 0.497 e. The Morgan fingerprint density at radius 2 is 2.10 bits per heavy atom. The number of methoxy groups -OCH3 is 1. The first-order chi connectivity index (χ1) is 9.77. The van der Waals surface area contributed by atoms with E-state index >= 15 is 0 Å². The van der Waals surface area contributed by atoms with Gasteiger partial charge in [0.05, 0.1) is 24.1 Å². The molecule has 0 aliphatic heterocycles. The molecule has 7 nitrogen and oxygen atoms in total. The van der Waals surface area contributed by atoms with E-state index in [1.807, 2.05) is 0 Å². The van der Waals surface area contributed by atoms with E-state index in [0.717, 1.165) is 0 Å². The number of aliphatic carboxylic acids is 1. The van der Waals surface area contributed by atoms with Crippen LogP contribution in [-0.2, 0) is 4.79 Å². The summed E-state index contributed by atoms with van der Waals surface area (Å²) in [6.07, 6.45) is 0.897.